The zero-order valence-corrected chi connectivity index (χ0v) is 9.27. The summed E-state index contributed by atoms with van der Waals surface area (Å²) in [5.41, 5.74) is 3.21. The highest BCUT2D eigenvalue weighted by Crippen LogP contribution is 2.15. The van der Waals surface area contributed by atoms with Crippen molar-refractivity contribution in [2.45, 2.75) is 25.9 Å². The molecule has 0 aromatic carbocycles. The van der Waals surface area contributed by atoms with Crippen LogP contribution in [0.25, 0.3) is 0 Å². The zero-order valence-electron chi connectivity index (χ0n) is 9.27. The van der Waals surface area contributed by atoms with Crippen LogP contribution in [0.2, 0.25) is 0 Å². The summed E-state index contributed by atoms with van der Waals surface area (Å²) < 4.78 is 11.0. The number of nitrogens with one attached hydrogen (secondary N) is 1. The SMILES string of the molecule is Cc1cc(OCC2CCCO2)nc(NN)n1. The van der Waals surface area contributed by atoms with Gasteiger partial charge in [-0.2, -0.15) is 4.98 Å². The third kappa shape index (κ3) is 2.80. The van der Waals surface area contributed by atoms with Gasteiger partial charge in [0.15, 0.2) is 0 Å². The molecule has 0 aliphatic carbocycles. The molecular formula is C10H16N4O2. The molecule has 1 unspecified atom stereocenters. The zero-order chi connectivity index (χ0) is 11.4. The number of nitrogens with zero attached hydrogens (tertiary/aromatic N) is 2. The lowest BCUT2D eigenvalue weighted by molar-refractivity contribution is 0.0663. The van der Waals surface area contributed by atoms with E-state index in [4.69, 9.17) is 15.3 Å². The van der Waals surface area contributed by atoms with Crippen molar-refractivity contribution in [2.75, 3.05) is 18.6 Å². The molecule has 1 aliphatic heterocycles. The van der Waals surface area contributed by atoms with Crippen LogP contribution >= 0.6 is 0 Å². The smallest absolute Gasteiger partial charge is 0.240 e. The number of nitrogens with two attached hydrogens (primary N) is 1. The fourth-order valence-electron chi connectivity index (χ4n) is 1.63. The molecule has 88 valence electrons. The number of hydrogen-bond acceptors (Lipinski definition) is 6. The second kappa shape index (κ2) is 5.09. The van der Waals surface area contributed by atoms with E-state index in [0.29, 0.717) is 18.4 Å². The molecule has 1 aliphatic rings. The molecule has 0 bridgehead atoms. The van der Waals surface area contributed by atoms with Gasteiger partial charge in [0.1, 0.15) is 6.61 Å². The minimum atomic E-state index is 0.185. The van der Waals surface area contributed by atoms with Gasteiger partial charge < -0.3 is 9.47 Å². The molecule has 1 atom stereocenters. The third-order valence-corrected chi connectivity index (χ3v) is 2.40. The van der Waals surface area contributed by atoms with Crippen molar-refractivity contribution < 1.29 is 9.47 Å². The predicted octanol–water partition coefficient (Wildman–Crippen LogP) is 0.628. The Bertz CT molecular complexity index is 353. The lowest BCUT2D eigenvalue weighted by Crippen LogP contribution is -2.18. The van der Waals surface area contributed by atoms with Crippen LogP contribution in [0.5, 0.6) is 5.88 Å². The van der Waals surface area contributed by atoms with Gasteiger partial charge in [0, 0.05) is 18.4 Å². The van der Waals surface area contributed by atoms with Gasteiger partial charge in [-0.05, 0) is 19.8 Å². The maximum Gasteiger partial charge on any atom is 0.240 e. The summed E-state index contributed by atoms with van der Waals surface area (Å²) in [5.74, 6) is 6.14. The summed E-state index contributed by atoms with van der Waals surface area (Å²) in [6.07, 6.45) is 2.34. The minimum Gasteiger partial charge on any atom is -0.475 e. The topological polar surface area (TPSA) is 82.3 Å². The van der Waals surface area contributed by atoms with Crippen LogP contribution in [0.15, 0.2) is 6.07 Å². The predicted molar refractivity (Wildman–Crippen MR) is 59.0 cm³/mol. The summed E-state index contributed by atoms with van der Waals surface area (Å²) in [6.45, 7) is 3.22. The number of anilines is 1. The van der Waals surface area contributed by atoms with E-state index in [-0.39, 0.29) is 6.10 Å². The van der Waals surface area contributed by atoms with Crippen molar-refractivity contribution >= 4 is 5.95 Å². The van der Waals surface area contributed by atoms with Crippen molar-refractivity contribution in [2.24, 2.45) is 5.84 Å². The van der Waals surface area contributed by atoms with E-state index in [1.165, 1.54) is 0 Å². The van der Waals surface area contributed by atoms with E-state index in [0.717, 1.165) is 25.1 Å². The first-order valence-electron chi connectivity index (χ1n) is 5.34. The number of nitrogen functional groups attached to an aromatic ring is 1. The van der Waals surface area contributed by atoms with Crippen molar-refractivity contribution in [3.8, 4) is 5.88 Å². The van der Waals surface area contributed by atoms with Gasteiger partial charge in [0.2, 0.25) is 11.8 Å². The quantitative estimate of drug-likeness (QED) is 0.576. The minimum absolute atomic E-state index is 0.185. The molecule has 1 fully saturated rings. The van der Waals surface area contributed by atoms with E-state index in [1.807, 2.05) is 6.92 Å². The largest absolute Gasteiger partial charge is 0.475 e. The van der Waals surface area contributed by atoms with Crippen LogP contribution in [0, 0.1) is 6.92 Å². The number of hydrogen-bond donors (Lipinski definition) is 2. The lowest BCUT2D eigenvalue weighted by Gasteiger charge is -2.11. The fourth-order valence-corrected chi connectivity index (χ4v) is 1.63. The second-order valence-electron chi connectivity index (χ2n) is 3.76. The molecule has 0 spiro atoms. The summed E-state index contributed by atoms with van der Waals surface area (Å²) in [5, 5.41) is 0. The number of aryl methyl sites for hydroxylation is 1. The number of aromatic nitrogens is 2. The second-order valence-corrected chi connectivity index (χ2v) is 3.76. The summed E-state index contributed by atoms with van der Waals surface area (Å²) in [4.78, 5) is 8.16. The molecule has 6 heteroatoms. The Labute approximate surface area is 94.1 Å². The molecule has 0 saturated carbocycles. The Morgan fingerprint density at radius 2 is 2.50 bits per heavy atom. The Kier molecular flexibility index (Phi) is 3.53. The van der Waals surface area contributed by atoms with Crippen LogP contribution in [0.3, 0.4) is 0 Å². The molecule has 0 radical (unpaired) electrons. The van der Waals surface area contributed by atoms with Crippen LogP contribution in [0.1, 0.15) is 18.5 Å². The highest BCUT2D eigenvalue weighted by atomic mass is 16.5. The summed E-state index contributed by atoms with van der Waals surface area (Å²) in [7, 11) is 0. The average molecular weight is 224 g/mol. The molecule has 16 heavy (non-hydrogen) atoms. The molecule has 6 nitrogen and oxygen atoms in total. The fraction of sp³-hybridized carbons (Fsp3) is 0.600. The molecular weight excluding hydrogens is 208 g/mol. The van der Waals surface area contributed by atoms with Crippen molar-refractivity contribution in [1.29, 1.82) is 0 Å². The number of hydrazine groups is 1. The van der Waals surface area contributed by atoms with E-state index in [2.05, 4.69) is 15.4 Å². The van der Waals surface area contributed by atoms with Gasteiger partial charge in [-0.25, -0.2) is 10.8 Å². The van der Waals surface area contributed by atoms with Gasteiger partial charge >= 0.3 is 0 Å². The Hall–Kier alpha value is -1.40. The molecule has 1 aromatic rings. The summed E-state index contributed by atoms with van der Waals surface area (Å²) in [6, 6.07) is 1.77. The first kappa shape index (κ1) is 11.1. The summed E-state index contributed by atoms with van der Waals surface area (Å²) >= 11 is 0. The molecule has 0 amide bonds. The van der Waals surface area contributed by atoms with Crippen molar-refractivity contribution in [3.63, 3.8) is 0 Å². The van der Waals surface area contributed by atoms with Crippen LogP contribution in [-0.2, 0) is 4.74 Å². The van der Waals surface area contributed by atoms with E-state index < -0.39 is 0 Å². The van der Waals surface area contributed by atoms with E-state index >= 15 is 0 Å². The molecule has 1 saturated heterocycles. The number of ether oxygens (including phenoxy) is 2. The lowest BCUT2D eigenvalue weighted by atomic mass is 10.2. The normalized spacial score (nSPS) is 19.8. The van der Waals surface area contributed by atoms with Crippen molar-refractivity contribution in [1.82, 2.24) is 9.97 Å². The van der Waals surface area contributed by atoms with Gasteiger partial charge in [0.05, 0.1) is 6.10 Å². The monoisotopic (exact) mass is 224 g/mol. The Morgan fingerprint density at radius 1 is 1.62 bits per heavy atom. The Balaban J connectivity index is 1.94. The van der Waals surface area contributed by atoms with Gasteiger partial charge in [-0.3, -0.25) is 5.43 Å². The Morgan fingerprint density at radius 3 is 3.19 bits per heavy atom. The molecule has 2 rings (SSSR count). The van der Waals surface area contributed by atoms with Crippen LogP contribution < -0.4 is 16.0 Å². The average Bonchev–Trinajstić information content (AvgIpc) is 2.78. The maximum atomic E-state index is 5.54. The van der Waals surface area contributed by atoms with Gasteiger partial charge in [-0.1, -0.05) is 0 Å². The number of rotatable bonds is 4. The maximum absolute atomic E-state index is 5.54. The molecule has 1 aromatic heterocycles. The molecule has 3 N–H and O–H groups in total. The first-order chi connectivity index (χ1) is 7.78. The highest BCUT2D eigenvalue weighted by molar-refractivity contribution is 5.28. The van der Waals surface area contributed by atoms with Gasteiger partial charge in [-0.15, -0.1) is 0 Å². The van der Waals surface area contributed by atoms with E-state index in [9.17, 15) is 0 Å². The van der Waals surface area contributed by atoms with E-state index in [1.54, 1.807) is 6.07 Å². The van der Waals surface area contributed by atoms with Crippen LogP contribution in [-0.4, -0.2) is 29.3 Å². The van der Waals surface area contributed by atoms with Gasteiger partial charge in [0.25, 0.3) is 0 Å². The van der Waals surface area contributed by atoms with Crippen LogP contribution in [0.4, 0.5) is 5.95 Å². The molecule has 2 heterocycles. The van der Waals surface area contributed by atoms with Crippen molar-refractivity contribution in [3.05, 3.63) is 11.8 Å². The third-order valence-electron chi connectivity index (χ3n) is 2.40. The highest BCUT2D eigenvalue weighted by Gasteiger charge is 2.16. The standard InChI is InChI=1S/C10H16N4O2/c1-7-5-9(13-10(12-7)14-11)16-6-8-3-2-4-15-8/h5,8H,2-4,6,11H2,1H3,(H,12,13,14). The first-order valence-corrected chi connectivity index (χ1v) is 5.34.